The summed E-state index contributed by atoms with van der Waals surface area (Å²) in [5.41, 5.74) is 0. The molecule has 0 amide bonds. The second-order valence-corrected chi connectivity index (χ2v) is 4.23. The molecule has 0 fully saturated rings. The first kappa shape index (κ1) is 13.0. The zero-order valence-corrected chi connectivity index (χ0v) is 10.7. The number of ether oxygens (including phenoxy) is 1. The van der Waals surface area contributed by atoms with E-state index in [9.17, 15) is 4.79 Å². The van der Waals surface area contributed by atoms with Crippen molar-refractivity contribution in [3.8, 4) is 0 Å². The summed E-state index contributed by atoms with van der Waals surface area (Å²) >= 11 is 6.88. The number of carbonyl (C=O) groups excluding carboxylic acids is 1. The summed E-state index contributed by atoms with van der Waals surface area (Å²) < 4.78 is 4.51. The van der Waals surface area contributed by atoms with Crippen molar-refractivity contribution in [1.29, 1.82) is 0 Å². The van der Waals surface area contributed by atoms with Gasteiger partial charge in [0.2, 0.25) is 11.2 Å². The third-order valence-corrected chi connectivity index (χ3v) is 2.51. The van der Waals surface area contributed by atoms with Crippen LogP contribution in [0.4, 0.5) is 5.95 Å². The van der Waals surface area contributed by atoms with Crippen LogP contribution < -0.4 is 4.90 Å². The first-order chi connectivity index (χ1) is 7.52. The first-order valence-electron chi connectivity index (χ1n) is 4.31. The molecule has 0 aliphatic carbocycles. The first-order valence-corrected chi connectivity index (χ1v) is 5.68. The molecule has 0 aromatic carbocycles. The molecule has 1 heterocycles. The molecule has 0 bridgehead atoms. The van der Waals surface area contributed by atoms with Crippen LogP contribution in [0.1, 0.15) is 0 Å². The van der Waals surface area contributed by atoms with Crippen LogP contribution in [0.2, 0.25) is 5.28 Å². The van der Waals surface area contributed by atoms with E-state index in [2.05, 4.69) is 19.7 Å². The summed E-state index contributed by atoms with van der Waals surface area (Å²) in [6.45, 7) is 0. The lowest BCUT2D eigenvalue weighted by molar-refractivity contribution is -0.137. The Morgan fingerprint density at radius 1 is 1.44 bits per heavy atom. The predicted molar refractivity (Wildman–Crippen MR) is 61.9 cm³/mol. The molecule has 0 atom stereocenters. The van der Waals surface area contributed by atoms with Crippen molar-refractivity contribution in [2.24, 2.45) is 0 Å². The Labute approximate surface area is 102 Å². The largest absolute Gasteiger partial charge is 0.468 e. The Morgan fingerprint density at radius 2 is 2.12 bits per heavy atom. The Kier molecular flexibility index (Phi) is 4.75. The SMILES string of the molecule is COC(=O)CSc1nc(Cl)nc(N(C)C)n1. The molecule has 0 aliphatic rings. The summed E-state index contributed by atoms with van der Waals surface area (Å²) in [5.74, 6) is 0.254. The van der Waals surface area contributed by atoms with E-state index < -0.39 is 0 Å². The van der Waals surface area contributed by atoms with E-state index in [1.807, 2.05) is 0 Å². The average Bonchev–Trinajstić information content (AvgIpc) is 2.25. The van der Waals surface area contributed by atoms with Crippen molar-refractivity contribution in [2.45, 2.75) is 5.16 Å². The van der Waals surface area contributed by atoms with Crippen molar-refractivity contribution in [3.63, 3.8) is 0 Å². The third kappa shape index (κ3) is 3.82. The van der Waals surface area contributed by atoms with Crippen LogP contribution in [0, 0.1) is 0 Å². The van der Waals surface area contributed by atoms with Crippen LogP contribution in [0.25, 0.3) is 0 Å². The van der Waals surface area contributed by atoms with Crippen molar-refractivity contribution < 1.29 is 9.53 Å². The fraction of sp³-hybridized carbons (Fsp3) is 0.500. The molecule has 88 valence electrons. The number of hydrogen-bond acceptors (Lipinski definition) is 7. The Bertz CT molecular complexity index is 388. The molecule has 0 N–H and O–H groups in total. The van der Waals surface area contributed by atoms with Gasteiger partial charge in [-0.25, -0.2) is 0 Å². The summed E-state index contributed by atoms with van der Waals surface area (Å²) in [6, 6.07) is 0. The summed E-state index contributed by atoms with van der Waals surface area (Å²) in [7, 11) is 4.91. The highest BCUT2D eigenvalue weighted by molar-refractivity contribution is 7.99. The number of aromatic nitrogens is 3. The lowest BCUT2D eigenvalue weighted by Gasteiger charge is -2.10. The molecule has 1 aromatic rings. The van der Waals surface area contributed by atoms with Crippen LogP contribution in [-0.2, 0) is 9.53 Å². The van der Waals surface area contributed by atoms with Gasteiger partial charge in [-0.2, -0.15) is 15.0 Å². The van der Waals surface area contributed by atoms with Gasteiger partial charge in [-0.15, -0.1) is 0 Å². The number of hydrogen-bond donors (Lipinski definition) is 0. The zero-order chi connectivity index (χ0) is 12.1. The summed E-state index contributed by atoms with van der Waals surface area (Å²) in [6.07, 6.45) is 0. The molecule has 0 saturated carbocycles. The quantitative estimate of drug-likeness (QED) is 0.589. The predicted octanol–water partition coefficient (Wildman–Crippen LogP) is 0.856. The van der Waals surface area contributed by atoms with E-state index in [1.54, 1.807) is 19.0 Å². The van der Waals surface area contributed by atoms with E-state index in [0.29, 0.717) is 11.1 Å². The van der Waals surface area contributed by atoms with E-state index in [0.717, 1.165) is 11.8 Å². The maximum absolute atomic E-state index is 10.9. The van der Waals surface area contributed by atoms with Gasteiger partial charge in [0.1, 0.15) is 0 Å². The molecule has 8 heteroatoms. The monoisotopic (exact) mass is 262 g/mol. The van der Waals surface area contributed by atoms with Crippen LogP contribution in [0.3, 0.4) is 0 Å². The third-order valence-electron chi connectivity index (χ3n) is 1.52. The van der Waals surface area contributed by atoms with E-state index >= 15 is 0 Å². The van der Waals surface area contributed by atoms with Crippen molar-refractivity contribution >= 4 is 35.3 Å². The number of methoxy groups -OCH3 is 1. The smallest absolute Gasteiger partial charge is 0.316 e. The van der Waals surface area contributed by atoms with Gasteiger partial charge < -0.3 is 9.64 Å². The summed E-state index contributed by atoms with van der Waals surface area (Å²) in [4.78, 5) is 24.6. The highest BCUT2D eigenvalue weighted by Crippen LogP contribution is 2.17. The molecule has 16 heavy (non-hydrogen) atoms. The number of anilines is 1. The number of rotatable bonds is 4. The molecular formula is C8H11ClN4O2S. The van der Waals surface area contributed by atoms with Gasteiger partial charge in [0.25, 0.3) is 0 Å². The minimum atomic E-state index is -0.340. The normalized spacial score (nSPS) is 10.0. The number of nitrogens with zero attached hydrogens (tertiary/aromatic N) is 4. The highest BCUT2D eigenvalue weighted by atomic mass is 35.5. The summed E-state index contributed by atoms with van der Waals surface area (Å²) in [5, 5.41) is 0.500. The molecule has 0 saturated heterocycles. The van der Waals surface area contributed by atoms with E-state index in [-0.39, 0.29) is 17.0 Å². The van der Waals surface area contributed by atoms with Gasteiger partial charge in [-0.05, 0) is 11.6 Å². The Morgan fingerprint density at radius 3 is 2.69 bits per heavy atom. The standard InChI is InChI=1S/C8H11ClN4O2S/c1-13(2)7-10-6(9)11-8(12-7)16-4-5(14)15-3/h4H2,1-3H3. The minimum absolute atomic E-state index is 0.103. The van der Waals surface area contributed by atoms with Crippen molar-refractivity contribution in [3.05, 3.63) is 5.28 Å². The zero-order valence-electron chi connectivity index (χ0n) is 9.10. The van der Waals surface area contributed by atoms with E-state index in [1.165, 1.54) is 7.11 Å². The van der Waals surface area contributed by atoms with Crippen LogP contribution in [-0.4, -0.2) is 47.9 Å². The van der Waals surface area contributed by atoms with Crippen LogP contribution in [0.15, 0.2) is 5.16 Å². The van der Waals surface area contributed by atoms with E-state index in [4.69, 9.17) is 11.6 Å². The lowest BCUT2D eigenvalue weighted by Crippen LogP contribution is -2.14. The van der Waals surface area contributed by atoms with Crippen LogP contribution >= 0.6 is 23.4 Å². The lowest BCUT2D eigenvalue weighted by atomic mass is 10.8. The molecule has 6 nitrogen and oxygen atoms in total. The number of esters is 1. The molecule has 0 aliphatic heterocycles. The fourth-order valence-corrected chi connectivity index (χ4v) is 1.64. The average molecular weight is 263 g/mol. The molecule has 0 radical (unpaired) electrons. The number of halogens is 1. The van der Waals surface area contributed by atoms with Gasteiger partial charge in [0.15, 0.2) is 5.16 Å². The Balaban J connectivity index is 2.76. The molecule has 0 spiro atoms. The van der Waals surface area contributed by atoms with Gasteiger partial charge in [0, 0.05) is 14.1 Å². The Hall–Kier alpha value is -1.08. The molecule has 0 unspecified atom stereocenters. The van der Waals surface area contributed by atoms with Crippen LogP contribution in [0.5, 0.6) is 0 Å². The van der Waals surface area contributed by atoms with Crippen molar-refractivity contribution in [1.82, 2.24) is 15.0 Å². The van der Waals surface area contributed by atoms with Gasteiger partial charge in [0.05, 0.1) is 12.9 Å². The molecular weight excluding hydrogens is 252 g/mol. The maximum Gasteiger partial charge on any atom is 0.316 e. The highest BCUT2D eigenvalue weighted by Gasteiger charge is 2.09. The van der Waals surface area contributed by atoms with Gasteiger partial charge in [-0.3, -0.25) is 4.79 Å². The topological polar surface area (TPSA) is 68.2 Å². The second kappa shape index (κ2) is 5.86. The second-order valence-electron chi connectivity index (χ2n) is 2.95. The molecule has 1 rings (SSSR count). The number of thioether (sulfide) groups is 1. The van der Waals surface area contributed by atoms with Gasteiger partial charge >= 0.3 is 5.97 Å². The fourth-order valence-electron chi connectivity index (χ4n) is 0.769. The van der Waals surface area contributed by atoms with Crippen molar-refractivity contribution in [2.75, 3.05) is 31.9 Å². The minimum Gasteiger partial charge on any atom is -0.468 e. The van der Waals surface area contributed by atoms with Gasteiger partial charge in [-0.1, -0.05) is 11.8 Å². The maximum atomic E-state index is 10.9. The number of carbonyl (C=O) groups is 1. The molecule has 1 aromatic heterocycles.